The molecule has 5 nitrogen and oxygen atoms in total. The highest BCUT2D eigenvalue weighted by Crippen LogP contribution is 2.54. The van der Waals surface area contributed by atoms with E-state index in [1.807, 2.05) is 44.2 Å². The summed E-state index contributed by atoms with van der Waals surface area (Å²) in [7, 11) is -7.82. The minimum atomic E-state index is -3.95. The van der Waals surface area contributed by atoms with Crippen LogP contribution in [0.4, 0.5) is 0 Å². The van der Waals surface area contributed by atoms with Crippen molar-refractivity contribution in [2.75, 3.05) is 0 Å². The average Bonchev–Trinajstić information content (AvgIpc) is 3.04. The van der Waals surface area contributed by atoms with Crippen LogP contribution in [0.5, 0.6) is 0 Å². The van der Waals surface area contributed by atoms with Gasteiger partial charge in [-0.15, -0.1) is 0 Å². The van der Waals surface area contributed by atoms with E-state index in [4.69, 9.17) is 11.6 Å². The monoisotopic (exact) mass is 674 g/mol. The van der Waals surface area contributed by atoms with E-state index >= 15 is 0 Å². The Morgan fingerprint density at radius 3 is 1.83 bits per heavy atom. The Morgan fingerprint density at radius 2 is 1.26 bits per heavy atom. The predicted molar refractivity (Wildman–Crippen MR) is 183 cm³/mol. The Morgan fingerprint density at radius 1 is 0.674 bits per heavy atom. The van der Waals surface area contributed by atoms with Crippen LogP contribution in [0.2, 0.25) is 5.02 Å². The quantitative estimate of drug-likeness (QED) is 0.198. The molecule has 4 aromatic rings. The summed E-state index contributed by atoms with van der Waals surface area (Å²) in [6.45, 7) is 5.88. The molecule has 0 radical (unpaired) electrons. The second kappa shape index (κ2) is 12.7. The first-order valence-electron chi connectivity index (χ1n) is 15.9. The van der Waals surface area contributed by atoms with Crippen LogP contribution < -0.4 is 0 Å². The van der Waals surface area contributed by atoms with Crippen molar-refractivity contribution in [2.24, 2.45) is 11.8 Å². The molecule has 2 fully saturated rings. The number of Topliss-reactive ketones (excluding diaryl/α,β-unsaturated/α-hetero) is 1. The number of carbonyl (C=O) groups excluding carboxylic acids is 1. The van der Waals surface area contributed by atoms with Gasteiger partial charge in [0.1, 0.15) is 5.78 Å². The number of ketones is 1. The van der Waals surface area contributed by atoms with Crippen molar-refractivity contribution in [1.29, 1.82) is 0 Å². The second-order valence-electron chi connectivity index (χ2n) is 13.0. The van der Waals surface area contributed by atoms with E-state index in [0.29, 0.717) is 10.6 Å². The van der Waals surface area contributed by atoms with Crippen molar-refractivity contribution < 1.29 is 21.6 Å². The van der Waals surface area contributed by atoms with Gasteiger partial charge in [-0.2, -0.15) is 0 Å². The standard InChI is InChI=1S/C38H39ClO5S2/c1-4-26-12-14-27(15-13-26)32-21-35-34(23-37(32)45(41,42)30-16-8-24(2)9-17-30)36(40)22-33(28-6-5-7-29(39)20-28)38(35)46(43,44)31-18-10-25(3)11-19-31/h5-20,32-35,37-38H,4,21-23H2,1-3H3. The zero-order chi connectivity index (χ0) is 32.8. The summed E-state index contributed by atoms with van der Waals surface area (Å²) in [6.07, 6.45) is 1.17. The zero-order valence-corrected chi connectivity index (χ0v) is 28.7. The van der Waals surface area contributed by atoms with Crippen molar-refractivity contribution in [1.82, 2.24) is 0 Å². The van der Waals surface area contributed by atoms with E-state index in [0.717, 1.165) is 28.7 Å². The molecule has 0 aromatic heterocycles. The summed E-state index contributed by atoms with van der Waals surface area (Å²) in [5, 5.41) is -1.34. The van der Waals surface area contributed by atoms with E-state index in [2.05, 4.69) is 6.92 Å². The lowest BCUT2D eigenvalue weighted by atomic mass is 9.61. The molecule has 0 heterocycles. The number of benzene rings is 4. The molecule has 4 aromatic carbocycles. The fraction of sp³-hybridized carbons (Fsp3) is 0.342. The average molecular weight is 675 g/mol. The van der Waals surface area contributed by atoms with E-state index in [9.17, 15) is 21.6 Å². The van der Waals surface area contributed by atoms with Crippen LogP contribution in [0.15, 0.2) is 107 Å². The first-order valence-corrected chi connectivity index (χ1v) is 19.4. The summed E-state index contributed by atoms with van der Waals surface area (Å²) >= 11 is 6.40. The molecule has 0 saturated heterocycles. The first kappa shape index (κ1) is 32.7. The summed E-state index contributed by atoms with van der Waals surface area (Å²) in [5.41, 5.74) is 4.58. The van der Waals surface area contributed by atoms with Gasteiger partial charge >= 0.3 is 0 Å². The highest BCUT2D eigenvalue weighted by molar-refractivity contribution is 7.92. The molecule has 6 atom stereocenters. The number of hydrogen-bond donors (Lipinski definition) is 0. The van der Waals surface area contributed by atoms with Crippen LogP contribution in [-0.2, 0) is 30.9 Å². The second-order valence-corrected chi connectivity index (χ2v) is 17.7. The largest absolute Gasteiger partial charge is 0.299 e. The fourth-order valence-corrected chi connectivity index (χ4v) is 12.2. The van der Waals surface area contributed by atoms with Crippen LogP contribution >= 0.6 is 11.6 Å². The van der Waals surface area contributed by atoms with Gasteiger partial charge in [0.2, 0.25) is 0 Å². The van der Waals surface area contributed by atoms with Gasteiger partial charge in [-0.3, -0.25) is 4.79 Å². The molecule has 8 heteroatoms. The Hall–Kier alpha value is -3.26. The van der Waals surface area contributed by atoms with Crippen molar-refractivity contribution in [3.8, 4) is 0 Å². The molecule has 6 unspecified atom stereocenters. The SMILES string of the molecule is CCc1ccc(C2CC3C(CC2S(=O)(=O)c2ccc(C)cc2)C(=O)CC(c2cccc(Cl)c2)C3S(=O)(=O)c2ccc(C)cc2)cc1. The number of aryl methyl sites for hydroxylation is 3. The normalized spacial score (nSPS) is 25.2. The fourth-order valence-electron chi connectivity index (χ4n) is 7.69. The Balaban J connectivity index is 1.51. The first-order chi connectivity index (χ1) is 21.9. The smallest absolute Gasteiger partial charge is 0.182 e. The lowest BCUT2D eigenvalue weighted by molar-refractivity contribution is -0.128. The van der Waals surface area contributed by atoms with Gasteiger partial charge in [0.25, 0.3) is 0 Å². The van der Waals surface area contributed by atoms with Gasteiger partial charge in [0.15, 0.2) is 19.7 Å². The molecule has 0 amide bonds. The van der Waals surface area contributed by atoms with Gasteiger partial charge < -0.3 is 0 Å². The van der Waals surface area contributed by atoms with E-state index < -0.39 is 53.8 Å². The van der Waals surface area contributed by atoms with Crippen molar-refractivity contribution in [3.63, 3.8) is 0 Å². The number of fused-ring (bicyclic) bond motifs is 1. The molecule has 46 heavy (non-hydrogen) atoms. The number of hydrogen-bond acceptors (Lipinski definition) is 5. The highest BCUT2D eigenvalue weighted by atomic mass is 35.5. The lowest BCUT2D eigenvalue weighted by Crippen LogP contribution is -2.53. The summed E-state index contributed by atoms with van der Waals surface area (Å²) < 4.78 is 58.2. The van der Waals surface area contributed by atoms with Crippen LogP contribution in [0.25, 0.3) is 0 Å². The van der Waals surface area contributed by atoms with Crippen LogP contribution in [0, 0.1) is 25.7 Å². The molecular weight excluding hydrogens is 636 g/mol. The predicted octanol–water partition coefficient (Wildman–Crippen LogP) is 8.07. The number of rotatable bonds is 7. The molecule has 0 bridgehead atoms. The topological polar surface area (TPSA) is 85.3 Å². The van der Waals surface area contributed by atoms with E-state index in [1.165, 1.54) is 0 Å². The maximum Gasteiger partial charge on any atom is 0.182 e. The summed E-state index contributed by atoms with van der Waals surface area (Å²) in [6, 6.07) is 28.8. The highest BCUT2D eigenvalue weighted by Gasteiger charge is 2.56. The molecule has 240 valence electrons. The molecule has 2 saturated carbocycles. The summed E-state index contributed by atoms with van der Waals surface area (Å²) in [5.74, 6) is -2.50. The van der Waals surface area contributed by atoms with Gasteiger partial charge in [-0.25, -0.2) is 16.8 Å². The number of halogens is 1. The third kappa shape index (κ3) is 6.10. The molecule has 0 N–H and O–H groups in total. The van der Waals surface area contributed by atoms with Crippen molar-refractivity contribution >= 4 is 37.1 Å². The number of sulfone groups is 2. The maximum atomic E-state index is 14.7. The van der Waals surface area contributed by atoms with Crippen LogP contribution in [0.3, 0.4) is 0 Å². The van der Waals surface area contributed by atoms with Crippen LogP contribution in [-0.4, -0.2) is 33.1 Å². The van der Waals surface area contributed by atoms with Crippen molar-refractivity contribution in [2.45, 2.75) is 78.6 Å². The van der Waals surface area contributed by atoms with Crippen molar-refractivity contribution in [3.05, 3.63) is 130 Å². The number of carbonyl (C=O) groups is 1. The lowest BCUT2D eigenvalue weighted by Gasteiger charge is -2.48. The molecule has 2 aliphatic carbocycles. The molecular formula is C38H39ClO5S2. The maximum absolute atomic E-state index is 14.7. The zero-order valence-electron chi connectivity index (χ0n) is 26.3. The van der Waals surface area contributed by atoms with Crippen LogP contribution in [0.1, 0.15) is 65.8 Å². The minimum Gasteiger partial charge on any atom is -0.299 e. The molecule has 0 spiro atoms. The van der Waals surface area contributed by atoms with Gasteiger partial charge in [0, 0.05) is 29.2 Å². The Bertz CT molecular complexity index is 1950. The minimum absolute atomic E-state index is 0.00439. The third-order valence-corrected chi connectivity index (χ3v) is 15.0. The van der Waals surface area contributed by atoms with E-state index in [1.54, 1.807) is 66.7 Å². The molecule has 6 rings (SSSR count). The molecule has 2 aliphatic rings. The third-order valence-electron chi connectivity index (χ3n) is 10.2. The molecule has 0 aliphatic heterocycles. The summed E-state index contributed by atoms with van der Waals surface area (Å²) in [4.78, 5) is 14.5. The van der Waals surface area contributed by atoms with Gasteiger partial charge in [-0.05, 0) is 92.1 Å². The Kier molecular flexibility index (Phi) is 9.05. The van der Waals surface area contributed by atoms with Gasteiger partial charge in [-0.1, -0.05) is 90.3 Å². The van der Waals surface area contributed by atoms with Gasteiger partial charge in [0.05, 0.1) is 20.3 Å². The Labute approximate surface area is 277 Å². The van der Waals surface area contributed by atoms with E-state index in [-0.39, 0.29) is 34.8 Å².